The minimum atomic E-state index is 0.00852. The fourth-order valence-corrected chi connectivity index (χ4v) is 1.69. The van der Waals surface area contributed by atoms with E-state index in [1.807, 2.05) is 6.92 Å². The first-order valence-electron chi connectivity index (χ1n) is 5.03. The molecule has 0 aliphatic carbocycles. The van der Waals surface area contributed by atoms with E-state index >= 15 is 0 Å². The Morgan fingerprint density at radius 3 is 2.92 bits per heavy atom. The summed E-state index contributed by atoms with van der Waals surface area (Å²) >= 11 is 0. The molecule has 0 aromatic carbocycles. The highest BCUT2D eigenvalue weighted by molar-refractivity contribution is 4.88. The summed E-state index contributed by atoms with van der Waals surface area (Å²) in [6, 6.07) is 2.27. The van der Waals surface area contributed by atoms with Gasteiger partial charge in [-0.15, -0.1) is 0 Å². The molecule has 2 atom stereocenters. The van der Waals surface area contributed by atoms with Crippen molar-refractivity contribution in [1.29, 1.82) is 5.26 Å². The maximum Gasteiger partial charge on any atom is 0.0950 e. The number of nitriles is 1. The van der Waals surface area contributed by atoms with Gasteiger partial charge in [-0.3, -0.25) is 4.90 Å². The molecule has 0 aromatic heterocycles. The van der Waals surface area contributed by atoms with Crippen LogP contribution in [0.5, 0.6) is 0 Å². The minimum absolute atomic E-state index is 0.00852. The Kier molecular flexibility index (Phi) is 4.20. The van der Waals surface area contributed by atoms with Gasteiger partial charge in [0.05, 0.1) is 18.2 Å². The first kappa shape index (κ1) is 10.5. The van der Waals surface area contributed by atoms with Crippen molar-refractivity contribution in [3.05, 3.63) is 0 Å². The lowest BCUT2D eigenvalue weighted by atomic mass is 10.2. The first-order valence-corrected chi connectivity index (χ1v) is 5.03. The van der Waals surface area contributed by atoms with E-state index in [9.17, 15) is 0 Å². The van der Waals surface area contributed by atoms with Crippen LogP contribution in [0, 0.1) is 11.3 Å². The summed E-state index contributed by atoms with van der Waals surface area (Å²) in [5, 5.41) is 8.78. The van der Waals surface area contributed by atoms with E-state index in [0.29, 0.717) is 6.10 Å². The highest BCUT2D eigenvalue weighted by Crippen LogP contribution is 2.14. The molecule has 0 N–H and O–H groups in total. The van der Waals surface area contributed by atoms with Crippen LogP contribution < -0.4 is 0 Å². The number of ether oxygens (including phenoxy) is 1. The van der Waals surface area contributed by atoms with Gasteiger partial charge in [0.2, 0.25) is 0 Å². The van der Waals surface area contributed by atoms with Crippen LogP contribution in [0.3, 0.4) is 0 Å². The lowest BCUT2D eigenvalue weighted by molar-refractivity contribution is 0.0693. The van der Waals surface area contributed by atoms with Crippen molar-refractivity contribution in [2.45, 2.75) is 38.8 Å². The summed E-state index contributed by atoms with van der Waals surface area (Å²) in [6.07, 6.45) is 2.67. The van der Waals surface area contributed by atoms with E-state index in [4.69, 9.17) is 10.00 Å². The third-order valence-electron chi connectivity index (χ3n) is 2.60. The molecule has 0 bridgehead atoms. The van der Waals surface area contributed by atoms with Crippen LogP contribution in [-0.4, -0.2) is 36.7 Å². The van der Waals surface area contributed by atoms with E-state index in [1.165, 1.54) is 6.42 Å². The summed E-state index contributed by atoms with van der Waals surface area (Å²) in [7, 11) is 0. The van der Waals surface area contributed by atoms with Crippen LogP contribution in [0.1, 0.15) is 26.7 Å². The highest BCUT2D eigenvalue weighted by atomic mass is 16.5. The average Bonchev–Trinajstić information content (AvgIpc) is 2.65. The van der Waals surface area contributed by atoms with Crippen molar-refractivity contribution in [3.8, 4) is 6.07 Å². The number of hydrogen-bond acceptors (Lipinski definition) is 3. The lowest BCUT2D eigenvalue weighted by Gasteiger charge is -2.25. The second kappa shape index (κ2) is 5.21. The topological polar surface area (TPSA) is 36.3 Å². The van der Waals surface area contributed by atoms with Gasteiger partial charge in [0.15, 0.2) is 0 Å². The van der Waals surface area contributed by atoms with Crippen molar-refractivity contribution >= 4 is 0 Å². The molecule has 1 rings (SSSR count). The predicted octanol–water partition coefficient (Wildman–Crippen LogP) is 1.40. The van der Waals surface area contributed by atoms with Gasteiger partial charge in [-0.05, 0) is 26.3 Å². The second-order valence-electron chi connectivity index (χ2n) is 3.53. The molecule has 1 saturated heterocycles. The molecular weight excluding hydrogens is 164 g/mol. The monoisotopic (exact) mass is 182 g/mol. The van der Waals surface area contributed by atoms with Gasteiger partial charge in [-0.2, -0.15) is 5.26 Å². The van der Waals surface area contributed by atoms with Crippen LogP contribution in [-0.2, 0) is 4.74 Å². The number of hydrogen-bond donors (Lipinski definition) is 0. The normalized spacial score (nSPS) is 24.6. The Labute approximate surface area is 80.3 Å². The van der Waals surface area contributed by atoms with E-state index < -0.39 is 0 Å². The molecule has 1 aliphatic heterocycles. The van der Waals surface area contributed by atoms with Crippen LogP contribution in [0.25, 0.3) is 0 Å². The van der Waals surface area contributed by atoms with Crippen LogP contribution >= 0.6 is 0 Å². The van der Waals surface area contributed by atoms with E-state index in [0.717, 1.165) is 26.1 Å². The summed E-state index contributed by atoms with van der Waals surface area (Å²) in [6.45, 7) is 6.75. The van der Waals surface area contributed by atoms with Crippen LogP contribution in [0.15, 0.2) is 0 Å². The van der Waals surface area contributed by atoms with Gasteiger partial charge in [0.25, 0.3) is 0 Å². The Hall–Kier alpha value is -0.590. The maximum absolute atomic E-state index is 8.78. The Balaban J connectivity index is 2.34. The Morgan fingerprint density at radius 2 is 2.46 bits per heavy atom. The van der Waals surface area contributed by atoms with Gasteiger partial charge >= 0.3 is 0 Å². The van der Waals surface area contributed by atoms with E-state index in [2.05, 4.69) is 17.9 Å². The zero-order valence-electron chi connectivity index (χ0n) is 8.49. The fourth-order valence-electron chi connectivity index (χ4n) is 1.69. The molecular formula is C10H18N2O. The third-order valence-corrected chi connectivity index (χ3v) is 2.60. The zero-order chi connectivity index (χ0) is 9.68. The molecule has 13 heavy (non-hydrogen) atoms. The van der Waals surface area contributed by atoms with Gasteiger partial charge in [-0.25, -0.2) is 0 Å². The Morgan fingerprint density at radius 1 is 1.69 bits per heavy atom. The molecule has 3 heteroatoms. The molecule has 0 aromatic rings. The molecule has 3 nitrogen and oxygen atoms in total. The van der Waals surface area contributed by atoms with Gasteiger partial charge < -0.3 is 4.74 Å². The fraction of sp³-hybridized carbons (Fsp3) is 0.900. The summed E-state index contributed by atoms with van der Waals surface area (Å²) in [5.41, 5.74) is 0. The Bertz CT molecular complexity index is 182. The second-order valence-corrected chi connectivity index (χ2v) is 3.53. The predicted molar refractivity (Wildman–Crippen MR) is 51.3 cm³/mol. The molecule has 0 radical (unpaired) electrons. The highest BCUT2D eigenvalue weighted by Gasteiger charge is 2.20. The maximum atomic E-state index is 8.78. The number of nitrogens with zero attached hydrogens (tertiary/aromatic N) is 2. The minimum Gasteiger partial charge on any atom is -0.377 e. The van der Waals surface area contributed by atoms with Crippen molar-refractivity contribution in [1.82, 2.24) is 4.90 Å². The van der Waals surface area contributed by atoms with Crippen LogP contribution in [0.2, 0.25) is 0 Å². The van der Waals surface area contributed by atoms with Crippen LogP contribution in [0.4, 0.5) is 0 Å². The molecule has 1 aliphatic rings. The van der Waals surface area contributed by atoms with E-state index in [1.54, 1.807) is 0 Å². The standard InChI is InChI=1S/C10H18N2O/c1-3-12(9(2)7-11)8-10-5-4-6-13-10/h9-10H,3-6,8H2,1-2H3. The number of likely N-dealkylation sites (N-methyl/N-ethyl adjacent to an activating group) is 1. The summed E-state index contributed by atoms with van der Waals surface area (Å²) in [4.78, 5) is 2.16. The average molecular weight is 182 g/mol. The first-order chi connectivity index (χ1) is 6.27. The summed E-state index contributed by atoms with van der Waals surface area (Å²) < 4.78 is 5.53. The smallest absolute Gasteiger partial charge is 0.0950 e. The van der Waals surface area contributed by atoms with Crippen molar-refractivity contribution in [2.24, 2.45) is 0 Å². The van der Waals surface area contributed by atoms with Crippen molar-refractivity contribution in [3.63, 3.8) is 0 Å². The molecule has 74 valence electrons. The SMILES string of the molecule is CCN(CC1CCCO1)C(C)C#N. The van der Waals surface area contributed by atoms with Gasteiger partial charge in [0, 0.05) is 13.2 Å². The molecule has 0 saturated carbocycles. The van der Waals surface area contributed by atoms with Crippen molar-refractivity contribution < 1.29 is 4.74 Å². The quantitative estimate of drug-likeness (QED) is 0.659. The molecule has 2 unspecified atom stereocenters. The zero-order valence-corrected chi connectivity index (χ0v) is 8.49. The molecule has 0 spiro atoms. The van der Waals surface area contributed by atoms with Gasteiger partial charge in [-0.1, -0.05) is 6.92 Å². The summed E-state index contributed by atoms with van der Waals surface area (Å²) in [5.74, 6) is 0. The molecule has 1 fully saturated rings. The van der Waals surface area contributed by atoms with E-state index in [-0.39, 0.29) is 6.04 Å². The number of rotatable bonds is 4. The molecule has 1 heterocycles. The van der Waals surface area contributed by atoms with Gasteiger partial charge in [0.1, 0.15) is 0 Å². The largest absolute Gasteiger partial charge is 0.377 e. The lowest BCUT2D eigenvalue weighted by Crippen LogP contribution is -2.37. The third kappa shape index (κ3) is 2.98. The molecule has 0 amide bonds. The van der Waals surface area contributed by atoms with Crippen molar-refractivity contribution in [2.75, 3.05) is 19.7 Å².